The normalized spacial score (nSPS) is 22.7. The van der Waals surface area contributed by atoms with Crippen LogP contribution in [0.4, 0.5) is 11.5 Å². The van der Waals surface area contributed by atoms with Gasteiger partial charge in [0, 0.05) is 80.1 Å². The average molecular weight is 614 g/mol. The highest BCUT2D eigenvalue weighted by Crippen LogP contribution is 2.36. The summed E-state index contributed by atoms with van der Waals surface area (Å²) in [6.07, 6.45) is 8.45. The number of dihydropyridines is 1. The highest BCUT2D eigenvalue weighted by molar-refractivity contribution is 6.06. The van der Waals surface area contributed by atoms with Crippen molar-refractivity contribution in [3.63, 3.8) is 0 Å². The summed E-state index contributed by atoms with van der Waals surface area (Å²) in [6.45, 7) is 13.1. The number of nitrogens with zero attached hydrogens (tertiary/aromatic N) is 6. The molecule has 1 saturated heterocycles. The predicted molar refractivity (Wildman–Crippen MR) is 185 cm³/mol. The molecule has 3 aliphatic rings. The van der Waals surface area contributed by atoms with Crippen molar-refractivity contribution >= 4 is 29.0 Å². The molecule has 0 spiro atoms. The molecule has 3 heterocycles. The fourth-order valence-corrected chi connectivity index (χ4v) is 7.14. The molecular formula is C36H51N7O2. The predicted octanol–water partition coefficient (Wildman–Crippen LogP) is 4.80. The van der Waals surface area contributed by atoms with Crippen LogP contribution in [0.15, 0.2) is 47.1 Å². The van der Waals surface area contributed by atoms with Gasteiger partial charge in [0.05, 0.1) is 5.92 Å². The maximum absolute atomic E-state index is 13.9. The first-order valence-corrected chi connectivity index (χ1v) is 16.6. The monoisotopic (exact) mass is 613 g/mol. The van der Waals surface area contributed by atoms with Gasteiger partial charge in [0.25, 0.3) is 11.8 Å². The van der Waals surface area contributed by atoms with Gasteiger partial charge in [-0.05, 0) is 116 Å². The standard InChI is InChI=1S/C36H51N7O2/c1-8-43(30-12-10-29(11-13-30)40(5)6)33-21-28(27-9-14-34(37-22-27)42-17-15-41(7)16-18-42)20-31(26(33)4)35(44)38-23-32-24(2)19-25(3)39-36(32)45/h9,14,19-22,29-30,32H,8,10-13,15-18,23H2,1-7H3,(H,38,44). The number of amides is 2. The van der Waals surface area contributed by atoms with Crippen LogP contribution in [0, 0.1) is 12.8 Å². The Hall–Kier alpha value is -3.56. The van der Waals surface area contributed by atoms with Crippen molar-refractivity contribution in [3.05, 3.63) is 53.2 Å². The molecular weight excluding hydrogens is 562 g/mol. The van der Waals surface area contributed by atoms with E-state index in [-0.39, 0.29) is 18.4 Å². The van der Waals surface area contributed by atoms with E-state index in [2.05, 4.69) is 83.1 Å². The molecule has 1 atom stereocenters. The molecule has 1 saturated carbocycles. The smallest absolute Gasteiger partial charge is 0.254 e. The van der Waals surface area contributed by atoms with Gasteiger partial charge in [-0.1, -0.05) is 5.57 Å². The number of carbonyl (C=O) groups excluding carboxylic acids is 2. The summed E-state index contributed by atoms with van der Waals surface area (Å²) < 4.78 is 0. The number of likely N-dealkylation sites (N-methyl/N-ethyl adjacent to an activating group) is 1. The molecule has 1 unspecified atom stereocenters. The van der Waals surface area contributed by atoms with Crippen LogP contribution in [0.2, 0.25) is 0 Å². The van der Waals surface area contributed by atoms with Gasteiger partial charge in [-0.3, -0.25) is 9.59 Å². The Morgan fingerprint density at radius 3 is 2.27 bits per heavy atom. The van der Waals surface area contributed by atoms with Crippen molar-refractivity contribution < 1.29 is 9.59 Å². The summed E-state index contributed by atoms with van der Waals surface area (Å²) in [5, 5.41) is 3.08. The number of pyridine rings is 1. The minimum atomic E-state index is -0.439. The van der Waals surface area contributed by atoms with E-state index in [0.29, 0.717) is 23.4 Å². The van der Waals surface area contributed by atoms with Crippen LogP contribution < -0.4 is 15.1 Å². The Labute approximate surface area is 269 Å². The number of benzene rings is 1. The molecule has 0 bridgehead atoms. The second kappa shape index (κ2) is 14.3. The summed E-state index contributed by atoms with van der Waals surface area (Å²) in [6, 6.07) is 9.51. The van der Waals surface area contributed by atoms with Crippen LogP contribution in [0.1, 0.15) is 62.4 Å². The van der Waals surface area contributed by atoms with Crippen molar-refractivity contribution in [2.75, 3.05) is 70.2 Å². The zero-order chi connectivity index (χ0) is 32.2. The molecule has 45 heavy (non-hydrogen) atoms. The number of aromatic nitrogens is 1. The number of aliphatic imine (C=N–C) groups is 1. The minimum absolute atomic E-state index is 0.170. The lowest BCUT2D eigenvalue weighted by molar-refractivity contribution is -0.120. The van der Waals surface area contributed by atoms with E-state index in [4.69, 9.17) is 4.98 Å². The van der Waals surface area contributed by atoms with Crippen molar-refractivity contribution in [1.82, 2.24) is 20.1 Å². The van der Waals surface area contributed by atoms with Crippen LogP contribution in [0.25, 0.3) is 11.1 Å². The summed E-state index contributed by atoms with van der Waals surface area (Å²) >= 11 is 0. The number of piperazine rings is 1. The second-order valence-electron chi connectivity index (χ2n) is 13.3. The van der Waals surface area contributed by atoms with Gasteiger partial charge in [0.1, 0.15) is 5.82 Å². The quantitative estimate of drug-likeness (QED) is 0.435. The Balaban J connectivity index is 1.45. The van der Waals surface area contributed by atoms with Gasteiger partial charge in [-0.15, -0.1) is 0 Å². The van der Waals surface area contributed by atoms with E-state index in [1.807, 2.05) is 32.2 Å². The first kappa shape index (κ1) is 32.8. The zero-order valence-corrected chi connectivity index (χ0v) is 28.3. The number of anilines is 2. The van der Waals surface area contributed by atoms with E-state index in [0.717, 1.165) is 79.3 Å². The molecule has 2 amide bonds. The van der Waals surface area contributed by atoms with Gasteiger partial charge < -0.3 is 24.9 Å². The molecule has 9 heteroatoms. The highest BCUT2D eigenvalue weighted by Gasteiger charge is 2.29. The molecule has 2 fully saturated rings. The number of hydrogen-bond acceptors (Lipinski definition) is 7. The van der Waals surface area contributed by atoms with Gasteiger partial charge in [0.15, 0.2) is 0 Å². The van der Waals surface area contributed by atoms with Crippen LogP contribution in [-0.4, -0.2) is 105 Å². The third-order valence-corrected chi connectivity index (χ3v) is 10.1. The van der Waals surface area contributed by atoms with Crippen LogP contribution in [0.5, 0.6) is 0 Å². The second-order valence-corrected chi connectivity index (χ2v) is 13.3. The number of rotatable bonds is 9. The Morgan fingerprint density at radius 1 is 0.978 bits per heavy atom. The lowest BCUT2D eigenvalue weighted by Crippen LogP contribution is -2.44. The molecule has 9 nitrogen and oxygen atoms in total. The molecule has 1 aliphatic carbocycles. The van der Waals surface area contributed by atoms with E-state index >= 15 is 0 Å². The van der Waals surface area contributed by atoms with Crippen LogP contribution in [0.3, 0.4) is 0 Å². The number of nitrogens with one attached hydrogen (secondary N) is 1. The number of hydrogen-bond donors (Lipinski definition) is 1. The van der Waals surface area contributed by atoms with Gasteiger partial charge >= 0.3 is 0 Å². The Bertz CT molecular complexity index is 1430. The third kappa shape index (κ3) is 7.47. The maximum atomic E-state index is 13.9. The lowest BCUT2D eigenvalue weighted by atomic mass is 9.88. The van der Waals surface area contributed by atoms with Crippen LogP contribution >= 0.6 is 0 Å². The fourth-order valence-electron chi connectivity index (χ4n) is 7.14. The molecule has 5 rings (SSSR count). The summed E-state index contributed by atoms with van der Waals surface area (Å²) in [5.41, 5.74) is 6.30. The summed E-state index contributed by atoms with van der Waals surface area (Å²) in [5.74, 6) is 0.183. The van der Waals surface area contributed by atoms with Gasteiger partial charge in [0.2, 0.25) is 0 Å². The number of carbonyl (C=O) groups is 2. The highest BCUT2D eigenvalue weighted by atomic mass is 16.2. The van der Waals surface area contributed by atoms with E-state index < -0.39 is 5.92 Å². The van der Waals surface area contributed by atoms with Crippen molar-refractivity contribution in [2.45, 2.75) is 65.5 Å². The molecule has 1 aromatic carbocycles. The molecule has 2 aromatic rings. The Kier molecular flexibility index (Phi) is 10.4. The largest absolute Gasteiger partial charge is 0.369 e. The minimum Gasteiger partial charge on any atom is -0.369 e. The average Bonchev–Trinajstić information content (AvgIpc) is 3.02. The molecule has 1 N–H and O–H groups in total. The van der Waals surface area contributed by atoms with E-state index in [1.54, 1.807) is 0 Å². The fraction of sp³-hybridized carbons (Fsp3) is 0.556. The third-order valence-electron chi connectivity index (χ3n) is 10.1. The molecule has 242 valence electrons. The van der Waals surface area contributed by atoms with E-state index in [1.165, 1.54) is 12.8 Å². The number of allylic oxidation sites excluding steroid dienone is 1. The zero-order valence-electron chi connectivity index (χ0n) is 28.3. The van der Waals surface area contributed by atoms with Crippen LogP contribution in [-0.2, 0) is 4.79 Å². The molecule has 0 radical (unpaired) electrons. The van der Waals surface area contributed by atoms with E-state index in [9.17, 15) is 9.59 Å². The topological polar surface area (TPSA) is 84.4 Å². The molecule has 1 aromatic heterocycles. The van der Waals surface area contributed by atoms with Crippen molar-refractivity contribution in [2.24, 2.45) is 10.9 Å². The first-order valence-electron chi connectivity index (χ1n) is 16.6. The Morgan fingerprint density at radius 2 is 1.67 bits per heavy atom. The van der Waals surface area contributed by atoms with Gasteiger partial charge in [-0.25, -0.2) is 9.98 Å². The molecule has 2 aliphatic heterocycles. The SMILES string of the molecule is CCN(c1cc(-c2ccc(N3CCN(C)CC3)nc2)cc(C(=O)NCC2C(=O)N=C(C)C=C2C)c1C)C1CCC(N(C)C)CC1. The van der Waals surface area contributed by atoms with Gasteiger partial charge in [-0.2, -0.15) is 0 Å². The summed E-state index contributed by atoms with van der Waals surface area (Å²) in [4.78, 5) is 45.0. The lowest BCUT2D eigenvalue weighted by Gasteiger charge is -2.40. The van der Waals surface area contributed by atoms with Crippen molar-refractivity contribution in [3.8, 4) is 11.1 Å². The van der Waals surface area contributed by atoms with Crippen molar-refractivity contribution in [1.29, 1.82) is 0 Å². The first-order chi connectivity index (χ1) is 21.5. The maximum Gasteiger partial charge on any atom is 0.254 e. The summed E-state index contributed by atoms with van der Waals surface area (Å²) in [7, 11) is 6.51.